The molecule has 2 N–H and O–H groups in total. The van der Waals surface area contributed by atoms with Crippen LogP contribution in [0.15, 0.2) is 35.4 Å². The quantitative estimate of drug-likeness (QED) is 0.379. The zero-order chi connectivity index (χ0) is 17.1. The second kappa shape index (κ2) is 6.45. The summed E-state index contributed by atoms with van der Waals surface area (Å²) < 4.78 is 1.30. The lowest BCUT2D eigenvalue weighted by molar-refractivity contribution is -0.387. The first-order valence-electron chi connectivity index (χ1n) is 6.49. The second-order valence-corrected chi connectivity index (χ2v) is 5.39. The average molecular weight is 347 g/mol. The number of hydrogen-bond donors (Lipinski definition) is 2. The lowest BCUT2D eigenvalue weighted by Gasteiger charge is -2.03. The van der Waals surface area contributed by atoms with E-state index in [1.807, 2.05) is 0 Å². The van der Waals surface area contributed by atoms with Crippen LogP contribution in [0.25, 0.3) is 17.2 Å². The predicted octanol–water partition coefficient (Wildman–Crippen LogP) is 1.14. The molecule has 0 amide bonds. The molecule has 3 aromatic rings. The van der Waals surface area contributed by atoms with E-state index in [9.17, 15) is 14.9 Å². The number of benzene rings is 1. The van der Waals surface area contributed by atoms with Crippen molar-refractivity contribution in [2.24, 2.45) is 0 Å². The maximum Gasteiger partial charge on any atom is 0.332 e. The molecule has 11 nitrogen and oxygen atoms in total. The Hall–Kier alpha value is -3.28. The number of hydrogen-bond acceptors (Lipinski definition) is 8. The van der Waals surface area contributed by atoms with E-state index in [1.165, 1.54) is 4.68 Å². The van der Waals surface area contributed by atoms with E-state index in [4.69, 9.17) is 5.11 Å². The molecule has 0 bridgehead atoms. The summed E-state index contributed by atoms with van der Waals surface area (Å²) in [6.45, 7) is 0. The van der Waals surface area contributed by atoms with Crippen LogP contribution in [0.2, 0.25) is 0 Å². The van der Waals surface area contributed by atoms with Crippen LogP contribution >= 0.6 is 11.8 Å². The number of para-hydroxylation sites is 1. The molecule has 0 saturated heterocycles. The van der Waals surface area contributed by atoms with Crippen LogP contribution in [0.5, 0.6) is 0 Å². The smallest absolute Gasteiger partial charge is 0.332 e. The van der Waals surface area contributed by atoms with Gasteiger partial charge in [-0.05, 0) is 17.3 Å². The van der Waals surface area contributed by atoms with Crippen LogP contribution in [0.4, 0.5) is 5.69 Å². The summed E-state index contributed by atoms with van der Waals surface area (Å²) in [7, 11) is 0. The summed E-state index contributed by atoms with van der Waals surface area (Å²) >= 11 is 0.751. The molecule has 1 aromatic carbocycles. The molecule has 0 aliphatic heterocycles. The monoisotopic (exact) mass is 347 g/mol. The summed E-state index contributed by atoms with van der Waals surface area (Å²) in [4.78, 5) is 21.7. The molecule has 0 radical (unpaired) electrons. The maximum absolute atomic E-state index is 11.5. The van der Waals surface area contributed by atoms with Crippen molar-refractivity contribution < 1.29 is 14.8 Å². The third kappa shape index (κ3) is 2.94. The van der Waals surface area contributed by atoms with E-state index < -0.39 is 10.9 Å². The van der Waals surface area contributed by atoms with Crippen LogP contribution in [-0.4, -0.2) is 52.2 Å². The van der Waals surface area contributed by atoms with Crippen molar-refractivity contribution in [3.8, 4) is 17.2 Å². The fraction of sp³-hybridized carbons (Fsp3) is 0.0833. The van der Waals surface area contributed by atoms with Crippen LogP contribution in [0.1, 0.15) is 0 Å². The Labute approximate surface area is 137 Å². The van der Waals surface area contributed by atoms with Gasteiger partial charge in [0.05, 0.1) is 16.4 Å². The molecule has 0 fully saturated rings. The van der Waals surface area contributed by atoms with Crippen LogP contribution in [0, 0.1) is 10.1 Å². The van der Waals surface area contributed by atoms with Gasteiger partial charge >= 0.3 is 11.7 Å². The number of carboxylic acid groups (broad SMARTS) is 1. The van der Waals surface area contributed by atoms with Crippen molar-refractivity contribution in [2.75, 3.05) is 5.75 Å². The maximum atomic E-state index is 11.5. The lowest BCUT2D eigenvalue weighted by atomic mass is 10.3. The van der Waals surface area contributed by atoms with Gasteiger partial charge in [0.1, 0.15) is 0 Å². The van der Waals surface area contributed by atoms with Gasteiger partial charge in [-0.1, -0.05) is 30.0 Å². The van der Waals surface area contributed by atoms with Crippen molar-refractivity contribution in [1.29, 1.82) is 0 Å². The van der Waals surface area contributed by atoms with E-state index in [0.717, 1.165) is 11.8 Å². The minimum atomic E-state index is -1.11. The van der Waals surface area contributed by atoms with E-state index in [-0.39, 0.29) is 28.0 Å². The SMILES string of the molecule is O=C(O)CSc1nn(-c2ccccc2)c(-c2nn[nH]n2)c1[N+](=O)[O-]. The molecule has 0 aliphatic rings. The standard InChI is InChI=1S/C12H9N7O4S/c20-8(21)6-24-12-10(19(22)23)9(11-13-16-17-14-11)18(15-12)7-4-2-1-3-5-7/h1-5H,6H2,(H,20,21)(H,13,14,16,17). The Morgan fingerprint density at radius 2 is 2.12 bits per heavy atom. The highest BCUT2D eigenvalue weighted by Crippen LogP contribution is 2.37. The number of H-pyrrole nitrogens is 1. The van der Waals surface area contributed by atoms with Crippen LogP contribution < -0.4 is 0 Å². The van der Waals surface area contributed by atoms with Gasteiger partial charge < -0.3 is 5.11 Å². The molecule has 0 spiro atoms. The second-order valence-electron chi connectivity index (χ2n) is 4.42. The molecule has 0 unspecified atom stereocenters. The number of tetrazole rings is 1. The number of nitrogens with zero attached hydrogens (tertiary/aromatic N) is 6. The fourth-order valence-electron chi connectivity index (χ4n) is 2.00. The van der Waals surface area contributed by atoms with Crippen LogP contribution in [-0.2, 0) is 4.79 Å². The Bertz CT molecular complexity index is 878. The van der Waals surface area contributed by atoms with E-state index in [2.05, 4.69) is 25.7 Å². The number of nitro groups is 1. The number of carbonyl (C=O) groups is 1. The van der Waals surface area contributed by atoms with Gasteiger partial charge in [-0.2, -0.15) is 10.3 Å². The molecule has 3 rings (SSSR count). The topological polar surface area (TPSA) is 153 Å². The Morgan fingerprint density at radius 1 is 1.38 bits per heavy atom. The minimum absolute atomic E-state index is 0.0137. The number of thioether (sulfide) groups is 1. The van der Waals surface area contributed by atoms with Gasteiger partial charge in [-0.15, -0.1) is 10.2 Å². The van der Waals surface area contributed by atoms with E-state index >= 15 is 0 Å². The number of aliphatic carboxylic acids is 1. The molecule has 122 valence electrons. The zero-order valence-corrected chi connectivity index (χ0v) is 12.7. The van der Waals surface area contributed by atoms with Crippen molar-refractivity contribution in [1.82, 2.24) is 30.4 Å². The number of aromatic nitrogens is 6. The summed E-state index contributed by atoms with van der Waals surface area (Å²) in [5.74, 6) is -1.48. The average Bonchev–Trinajstić information content (AvgIpc) is 3.20. The van der Waals surface area contributed by atoms with Gasteiger partial charge in [0.2, 0.25) is 5.82 Å². The molecular formula is C12H9N7O4S. The largest absolute Gasteiger partial charge is 0.481 e. The van der Waals surface area contributed by atoms with Gasteiger partial charge in [-0.25, -0.2) is 4.68 Å². The van der Waals surface area contributed by atoms with Gasteiger partial charge in [0, 0.05) is 0 Å². The Morgan fingerprint density at radius 3 is 2.71 bits per heavy atom. The molecule has 0 saturated carbocycles. The molecule has 24 heavy (non-hydrogen) atoms. The van der Waals surface area contributed by atoms with Gasteiger partial charge in [0.25, 0.3) is 0 Å². The van der Waals surface area contributed by atoms with Crippen molar-refractivity contribution in [2.45, 2.75) is 5.03 Å². The predicted molar refractivity (Wildman–Crippen MR) is 81.7 cm³/mol. The van der Waals surface area contributed by atoms with E-state index in [0.29, 0.717) is 5.69 Å². The summed E-state index contributed by atoms with van der Waals surface area (Å²) in [5.41, 5.74) is 0.196. The van der Waals surface area contributed by atoms with Crippen LogP contribution in [0.3, 0.4) is 0 Å². The van der Waals surface area contributed by atoms with Gasteiger partial charge in [0.15, 0.2) is 10.7 Å². The first-order chi connectivity index (χ1) is 11.6. The van der Waals surface area contributed by atoms with Crippen molar-refractivity contribution >= 4 is 23.4 Å². The summed E-state index contributed by atoms with van der Waals surface area (Å²) in [6, 6.07) is 8.67. The molecule has 0 atom stereocenters. The highest BCUT2D eigenvalue weighted by atomic mass is 32.2. The number of nitrogens with one attached hydrogen (secondary N) is 1. The molecule has 2 heterocycles. The number of aromatic amines is 1. The first kappa shape index (κ1) is 15.6. The normalized spacial score (nSPS) is 10.7. The minimum Gasteiger partial charge on any atom is -0.481 e. The first-order valence-corrected chi connectivity index (χ1v) is 7.47. The van der Waals surface area contributed by atoms with Gasteiger partial charge in [-0.3, -0.25) is 14.9 Å². The molecular weight excluding hydrogens is 338 g/mol. The highest BCUT2D eigenvalue weighted by molar-refractivity contribution is 8.00. The fourth-order valence-corrected chi connectivity index (χ4v) is 2.71. The number of carboxylic acids is 1. The third-order valence-electron chi connectivity index (χ3n) is 2.90. The van der Waals surface area contributed by atoms with Crippen molar-refractivity contribution in [3.05, 3.63) is 40.4 Å². The molecule has 12 heteroatoms. The number of rotatable bonds is 6. The summed E-state index contributed by atoms with van der Waals surface area (Å²) in [6.07, 6.45) is 0. The highest BCUT2D eigenvalue weighted by Gasteiger charge is 2.32. The Kier molecular flexibility index (Phi) is 4.20. The zero-order valence-electron chi connectivity index (χ0n) is 11.9. The third-order valence-corrected chi connectivity index (χ3v) is 3.84. The lowest BCUT2D eigenvalue weighted by Crippen LogP contribution is -2.01. The molecule has 2 aromatic heterocycles. The van der Waals surface area contributed by atoms with E-state index in [1.54, 1.807) is 30.3 Å². The summed E-state index contributed by atoms with van der Waals surface area (Å²) in [5, 5.41) is 37.7. The Balaban J connectivity index is 2.22. The van der Waals surface area contributed by atoms with Crippen molar-refractivity contribution in [3.63, 3.8) is 0 Å². The molecule has 0 aliphatic carbocycles.